The quantitative estimate of drug-likeness (QED) is 0.432. The van der Waals surface area contributed by atoms with Gasteiger partial charge >= 0.3 is 5.97 Å². The zero-order valence-electron chi connectivity index (χ0n) is 21.2. The van der Waals surface area contributed by atoms with Crippen molar-refractivity contribution in [2.24, 2.45) is 0 Å². The number of carbonyl (C=O) groups excluding carboxylic acids is 2. The summed E-state index contributed by atoms with van der Waals surface area (Å²) in [5.41, 5.74) is 5.95. The van der Waals surface area contributed by atoms with Crippen LogP contribution in [0.2, 0.25) is 0 Å². The lowest BCUT2D eigenvalue weighted by molar-refractivity contribution is -0.140. The number of esters is 1. The smallest absolute Gasteiger partial charge is 0.305 e. The number of carbonyl (C=O) groups is 2. The molecule has 1 aliphatic carbocycles. The van der Waals surface area contributed by atoms with E-state index in [0.717, 1.165) is 48.3 Å². The Labute approximate surface area is 207 Å². The van der Waals surface area contributed by atoms with Crippen LogP contribution in [0.3, 0.4) is 0 Å². The normalized spacial score (nSPS) is 17.7. The van der Waals surface area contributed by atoms with Gasteiger partial charge in [-0.2, -0.15) is 5.10 Å². The summed E-state index contributed by atoms with van der Waals surface area (Å²) in [5, 5.41) is 4.67. The summed E-state index contributed by atoms with van der Waals surface area (Å²) < 4.78 is 6.64. The van der Waals surface area contributed by atoms with Gasteiger partial charge in [0.1, 0.15) is 0 Å². The largest absolute Gasteiger partial charge is 0.469 e. The Bertz CT molecular complexity index is 1160. The van der Waals surface area contributed by atoms with E-state index in [1.807, 2.05) is 54.7 Å². The minimum absolute atomic E-state index is 0.0619. The molecule has 35 heavy (non-hydrogen) atoms. The molecule has 0 unspecified atom stereocenters. The highest BCUT2D eigenvalue weighted by Crippen LogP contribution is 2.34. The fourth-order valence-corrected chi connectivity index (χ4v) is 5.25. The standard InChI is InChI=1S/C29H35N3O3/c1-20-27(18-19-28(33)35-4)21(2)32(30-20)26-16-12-24(13-17-26)29(34)31(3)25-14-10-23(11-15-25)22-8-6-5-7-9-22/h5-9,12-13,16-17,23,25H,10-11,14-15,18-19H2,1-4H3. The maximum Gasteiger partial charge on any atom is 0.305 e. The van der Waals surface area contributed by atoms with E-state index >= 15 is 0 Å². The van der Waals surface area contributed by atoms with Gasteiger partial charge in [0, 0.05) is 30.8 Å². The molecule has 0 spiro atoms. The minimum atomic E-state index is -0.225. The molecule has 1 saturated carbocycles. The highest BCUT2D eigenvalue weighted by molar-refractivity contribution is 5.94. The van der Waals surface area contributed by atoms with Gasteiger partial charge in [0.2, 0.25) is 0 Å². The first-order valence-corrected chi connectivity index (χ1v) is 12.4. The Kier molecular flexibility index (Phi) is 7.69. The Hall–Kier alpha value is -3.41. The number of methoxy groups -OCH3 is 1. The number of nitrogens with zero attached hydrogens (tertiary/aromatic N) is 3. The lowest BCUT2D eigenvalue weighted by atomic mass is 9.81. The van der Waals surface area contributed by atoms with E-state index in [2.05, 4.69) is 35.4 Å². The molecule has 1 amide bonds. The maximum atomic E-state index is 13.2. The third-order valence-corrected chi connectivity index (χ3v) is 7.44. The molecule has 1 aromatic heterocycles. The molecule has 0 bridgehead atoms. The van der Waals surface area contributed by atoms with Gasteiger partial charge in [-0.3, -0.25) is 9.59 Å². The number of ether oxygens (including phenoxy) is 1. The van der Waals surface area contributed by atoms with Crippen LogP contribution in [0.4, 0.5) is 0 Å². The van der Waals surface area contributed by atoms with Crippen LogP contribution in [-0.4, -0.2) is 46.8 Å². The molecule has 184 valence electrons. The first-order valence-electron chi connectivity index (χ1n) is 12.4. The number of aryl methyl sites for hydroxylation is 1. The monoisotopic (exact) mass is 473 g/mol. The number of benzene rings is 2. The molecule has 2 aromatic carbocycles. The summed E-state index contributed by atoms with van der Waals surface area (Å²) in [7, 11) is 3.33. The van der Waals surface area contributed by atoms with Gasteiger partial charge in [-0.05, 0) is 87.3 Å². The van der Waals surface area contributed by atoms with Gasteiger partial charge in [0.25, 0.3) is 5.91 Å². The first kappa shape index (κ1) is 24.7. The van der Waals surface area contributed by atoms with Gasteiger partial charge < -0.3 is 9.64 Å². The number of amides is 1. The molecule has 0 saturated heterocycles. The number of hydrogen-bond acceptors (Lipinski definition) is 4. The summed E-state index contributed by atoms with van der Waals surface area (Å²) >= 11 is 0. The molecule has 1 aliphatic rings. The van der Waals surface area contributed by atoms with Gasteiger partial charge in [0.15, 0.2) is 0 Å². The SMILES string of the molecule is COC(=O)CCc1c(C)nn(-c2ccc(C(=O)N(C)C3CCC(c4ccccc4)CC3)cc2)c1C. The second-order valence-corrected chi connectivity index (χ2v) is 9.52. The maximum absolute atomic E-state index is 13.2. The molecule has 6 heteroatoms. The van der Waals surface area contributed by atoms with Gasteiger partial charge in [-0.25, -0.2) is 4.68 Å². The molecule has 1 fully saturated rings. The van der Waals surface area contributed by atoms with Crippen LogP contribution in [0.25, 0.3) is 5.69 Å². The van der Waals surface area contributed by atoms with Crippen molar-refractivity contribution in [1.29, 1.82) is 0 Å². The van der Waals surface area contributed by atoms with Crippen molar-refractivity contribution in [1.82, 2.24) is 14.7 Å². The topological polar surface area (TPSA) is 64.4 Å². The lowest BCUT2D eigenvalue weighted by Crippen LogP contribution is -2.39. The zero-order valence-corrected chi connectivity index (χ0v) is 21.2. The predicted octanol–water partition coefficient (Wildman–Crippen LogP) is 5.39. The highest BCUT2D eigenvalue weighted by atomic mass is 16.5. The second kappa shape index (κ2) is 10.9. The lowest BCUT2D eigenvalue weighted by Gasteiger charge is -2.35. The Morgan fingerprint density at radius 2 is 1.66 bits per heavy atom. The molecule has 6 nitrogen and oxygen atoms in total. The average molecular weight is 474 g/mol. The van der Waals surface area contributed by atoms with Crippen molar-refractivity contribution in [3.63, 3.8) is 0 Å². The van der Waals surface area contributed by atoms with Crippen molar-refractivity contribution >= 4 is 11.9 Å². The Morgan fingerprint density at radius 1 is 1.00 bits per heavy atom. The van der Waals surface area contributed by atoms with Gasteiger partial charge in [-0.15, -0.1) is 0 Å². The van der Waals surface area contributed by atoms with Crippen molar-refractivity contribution in [3.8, 4) is 5.69 Å². The summed E-state index contributed by atoms with van der Waals surface area (Å²) in [6.07, 6.45) is 5.21. The second-order valence-electron chi connectivity index (χ2n) is 9.52. The van der Waals surface area contributed by atoms with E-state index in [0.29, 0.717) is 24.3 Å². The Morgan fingerprint density at radius 3 is 2.29 bits per heavy atom. The van der Waals surface area contributed by atoms with E-state index in [9.17, 15) is 9.59 Å². The molecule has 0 radical (unpaired) electrons. The van der Waals surface area contributed by atoms with E-state index in [-0.39, 0.29) is 17.9 Å². The van der Waals surface area contributed by atoms with Crippen molar-refractivity contribution < 1.29 is 14.3 Å². The molecule has 0 aliphatic heterocycles. The van der Waals surface area contributed by atoms with Crippen molar-refractivity contribution in [2.75, 3.05) is 14.2 Å². The molecular weight excluding hydrogens is 438 g/mol. The van der Waals surface area contributed by atoms with E-state index in [1.165, 1.54) is 12.7 Å². The predicted molar refractivity (Wildman–Crippen MR) is 137 cm³/mol. The van der Waals surface area contributed by atoms with Crippen LogP contribution in [0, 0.1) is 13.8 Å². The molecular formula is C29H35N3O3. The van der Waals surface area contributed by atoms with Crippen LogP contribution < -0.4 is 0 Å². The summed E-state index contributed by atoms with van der Waals surface area (Å²) in [6.45, 7) is 3.96. The number of hydrogen-bond donors (Lipinski definition) is 0. The van der Waals surface area contributed by atoms with E-state index < -0.39 is 0 Å². The average Bonchev–Trinajstić information content (AvgIpc) is 3.19. The summed E-state index contributed by atoms with van der Waals surface area (Å²) in [4.78, 5) is 26.7. The van der Waals surface area contributed by atoms with Gasteiger partial charge in [-0.1, -0.05) is 30.3 Å². The van der Waals surface area contributed by atoms with Crippen molar-refractivity contribution in [3.05, 3.63) is 82.7 Å². The van der Waals surface area contributed by atoms with E-state index in [4.69, 9.17) is 4.74 Å². The molecule has 1 heterocycles. The highest BCUT2D eigenvalue weighted by Gasteiger charge is 2.27. The molecule has 0 N–H and O–H groups in total. The Balaban J connectivity index is 1.40. The zero-order chi connectivity index (χ0) is 24.9. The number of rotatable bonds is 7. The molecule has 3 aromatic rings. The van der Waals surface area contributed by atoms with Crippen LogP contribution in [0.15, 0.2) is 54.6 Å². The molecule has 4 rings (SSSR count). The van der Waals surface area contributed by atoms with E-state index in [1.54, 1.807) is 0 Å². The van der Waals surface area contributed by atoms with Crippen molar-refractivity contribution in [2.45, 2.75) is 64.3 Å². The fourth-order valence-electron chi connectivity index (χ4n) is 5.25. The van der Waals surface area contributed by atoms with Crippen LogP contribution in [-0.2, 0) is 16.0 Å². The third kappa shape index (κ3) is 5.47. The minimum Gasteiger partial charge on any atom is -0.469 e. The fraction of sp³-hybridized carbons (Fsp3) is 0.414. The van der Waals surface area contributed by atoms with Crippen LogP contribution >= 0.6 is 0 Å². The van der Waals surface area contributed by atoms with Crippen LogP contribution in [0.1, 0.15) is 70.9 Å². The van der Waals surface area contributed by atoms with Crippen LogP contribution in [0.5, 0.6) is 0 Å². The van der Waals surface area contributed by atoms with Gasteiger partial charge in [0.05, 0.1) is 18.5 Å². The summed E-state index contributed by atoms with van der Waals surface area (Å²) in [6, 6.07) is 18.6. The third-order valence-electron chi connectivity index (χ3n) is 7.44. The number of aromatic nitrogens is 2. The summed E-state index contributed by atoms with van der Waals surface area (Å²) in [5.74, 6) is 0.428. The molecule has 0 atom stereocenters. The first-order chi connectivity index (χ1) is 16.9.